The van der Waals surface area contributed by atoms with Crippen LogP contribution in [0, 0.1) is 0 Å². The van der Waals surface area contributed by atoms with Gasteiger partial charge in [0.1, 0.15) is 13.2 Å². The molecule has 0 spiro atoms. The number of hydrogen-bond acceptors (Lipinski definition) is 4. The zero-order chi connectivity index (χ0) is 17.2. The lowest BCUT2D eigenvalue weighted by atomic mass is 10.0. The molecule has 25 heavy (non-hydrogen) atoms. The first-order valence-electron chi connectivity index (χ1n) is 9.01. The van der Waals surface area contributed by atoms with Crippen molar-refractivity contribution < 1.29 is 14.3 Å². The molecule has 1 aromatic carbocycles. The zero-order valence-electron chi connectivity index (χ0n) is 14.2. The Morgan fingerprint density at radius 3 is 2.68 bits per heavy atom. The van der Waals surface area contributed by atoms with Crippen LogP contribution in [0.3, 0.4) is 0 Å². The number of nitrogens with one attached hydrogen (secondary N) is 1. The van der Waals surface area contributed by atoms with E-state index in [0.29, 0.717) is 29.7 Å². The third-order valence-corrected chi connectivity index (χ3v) is 5.27. The molecule has 0 aromatic heterocycles. The standard InChI is InChI=1S/C19H23ClN2O3/c20-16-11-13(12-17-19(16)25-10-9-24-17)1-4-18(23)21-14-5-7-22(8-6-14)15-2-3-15/h1,4,11-12,14-15H,2-3,5-10H2,(H,21,23). The van der Waals surface area contributed by atoms with E-state index in [4.69, 9.17) is 21.1 Å². The second kappa shape index (κ2) is 7.26. The van der Waals surface area contributed by atoms with Crippen LogP contribution in [-0.2, 0) is 4.79 Å². The van der Waals surface area contributed by atoms with Crippen molar-refractivity contribution in [3.63, 3.8) is 0 Å². The first-order valence-corrected chi connectivity index (χ1v) is 9.38. The average molecular weight is 363 g/mol. The van der Waals surface area contributed by atoms with Gasteiger partial charge in [-0.3, -0.25) is 4.79 Å². The van der Waals surface area contributed by atoms with E-state index in [9.17, 15) is 4.79 Å². The van der Waals surface area contributed by atoms with Crippen LogP contribution in [0.4, 0.5) is 0 Å². The SMILES string of the molecule is O=C(C=Cc1cc(Cl)c2c(c1)OCCO2)NC1CCN(C2CC2)CC1. The van der Waals surface area contributed by atoms with Gasteiger partial charge in [-0.1, -0.05) is 11.6 Å². The van der Waals surface area contributed by atoms with Crippen LogP contribution in [-0.4, -0.2) is 49.2 Å². The summed E-state index contributed by atoms with van der Waals surface area (Å²) in [5.41, 5.74) is 0.827. The van der Waals surface area contributed by atoms with Gasteiger partial charge in [0, 0.05) is 31.2 Å². The smallest absolute Gasteiger partial charge is 0.244 e. The number of ether oxygens (including phenoxy) is 2. The first kappa shape index (κ1) is 16.7. The minimum absolute atomic E-state index is 0.0594. The topological polar surface area (TPSA) is 50.8 Å². The first-order chi connectivity index (χ1) is 12.2. The molecule has 1 amide bonds. The van der Waals surface area contributed by atoms with Gasteiger partial charge in [0.15, 0.2) is 11.5 Å². The van der Waals surface area contributed by atoms with Crippen LogP contribution >= 0.6 is 11.6 Å². The maximum atomic E-state index is 12.2. The number of halogens is 1. The fourth-order valence-corrected chi connectivity index (χ4v) is 3.77. The molecule has 1 saturated carbocycles. The number of carbonyl (C=O) groups excluding carboxylic acids is 1. The van der Waals surface area contributed by atoms with Gasteiger partial charge in [-0.05, 0) is 49.5 Å². The minimum Gasteiger partial charge on any atom is -0.486 e. The molecule has 0 unspecified atom stereocenters. The number of benzene rings is 1. The van der Waals surface area contributed by atoms with Gasteiger partial charge in [0.25, 0.3) is 0 Å². The van der Waals surface area contributed by atoms with E-state index in [0.717, 1.165) is 37.5 Å². The fraction of sp³-hybridized carbons (Fsp3) is 0.526. The number of piperidine rings is 1. The Balaban J connectivity index is 1.32. The maximum Gasteiger partial charge on any atom is 0.244 e. The molecule has 4 rings (SSSR count). The zero-order valence-corrected chi connectivity index (χ0v) is 14.9. The molecule has 0 atom stereocenters. The Labute approximate surface area is 152 Å². The molecule has 134 valence electrons. The van der Waals surface area contributed by atoms with Crippen molar-refractivity contribution in [2.75, 3.05) is 26.3 Å². The van der Waals surface area contributed by atoms with Gasteiger partial charge in [-0.15, -0.1) is 0 Å². The summed E-state index contributed by atoms with van der Waals surface area (Å²) in [6.07, 6.45) is 8.08. The highest BCUT2D eigenvalue weighted by Gasteiger charge is 2.31. The Kier molecular flexibility index (Phi) is 4.86. The highest BCUT2D eigenvalue weighted by Crippen LogP contribution is 2.38. The van der Waals surface area contributed by atoms with E-state index < -0.39 is 0 Å². The third kappa shape index (κ3) is 4.10. The van der Waals surface area contributed by atoms with Crippen LogP contribution < -0.4 is 14.8 Å². The van der Waals surface area contributed by atoms with Crippen LogP contribution in [0.25, 0.3) is 6.08 Å². The molecule has 0 radical (unpaired) electrons. The quantitative estimate of drug-likeness (QED) is 0.837. The van der Waals surface area contributed by atoms with Gasteiger partial charge in [-0.2, -0.15) is 0 Å². The van der Waals surface area contributed by atoms with Gasteiger partial charge >= 0.3 is 0 Å². The molecule has 5 nitrogen and oxygen atoms in total. The molecule has 6 heteroatoms. The largest absolute Gasteiger partial charge is 0.486 e. The van der Waals surface area contributed by atoms with E-state index in [-0.39, 0.29) is 11.9 Å². The molecule has 0 bridgehead atoms. The lowest BCUT2D eigenvalue weighted by Crippen LogP contribution is -2.44. The molecule has 1 saturated heterocycles. The molecule has 2 fully saturated rings. The van der Waals surface area contributed by atoms with Crippen LogP contribution in [0.5, 0.6) is 11.5 Å². The number of fused-ring (bicyclic) bond motifs is 1. The highest BCUT2D eigenvalue weighted by atomic mass is 35.5. The average Bonchev–Trinajstić information content (AvgIpc) is 3.46. The lowest BCUT2D eigenvalue weighted by molar-refractivity contribution is -0.117. The summed E-state index contributed by atoms with van der Waals surface area (Å²) in [6, 6.07) is 4.72. The van der Waals surface area contributed by atoms with Gasteiger partial charge in [-0.25, -0.2) is 0 Å². The second-order valence-corrected chi connectivity index (χ2v) is 7.32. The molecular formula is C19H23ClN2O3. The third-order valence-electron chi connectivity index (χ3n) is 4.99. The van der Waals surface area contributed by atoms with Crippen molar-refractivity contribution in [1.29, 1.82) is 0 Å². The second-order valence-electron chi connectivity index (χ2n) is 6.91. The molecule has 1 aliphatic carbocycles. The van der Waals surface area contributed by atoms with E-state index in [1.54, 1.807) is 18.2 Å². The van der Waals surface area contributed by atoms with Crippen molar-refractivity contribution in [2.45, 2.75) is 37.8 Å². The summed E-state index contributed by atoms with van der Waals surface area (Å²) >= 11 is 6.22. The fourth-order valence-electron chi connectivity index (χ4n) is 3.50. The van der Waals surface area contributed by atoms with Crippen LogP contribution in [0.1, 0.15) is 31.2 Å². The Bertz CT molecular complexity index is 679. The molecule has 2 heterocycles. The number of nitrogens with zero attached hydrogens (tertiary/aromatic N) is 1. The summed E-state index contributed by atoms with van der Waals surface area (Å²) in [7, 11) is 0. The summed E-state index contributed by atoms with van der Waals surface area (Å²) in [5.74, 6) is 1.15. The minimum atomic E-state index is -0.0594. The maximum absolute atomic E-state index is 12.2. The van der Waals surface area contributed by atoms with Gasteiger partial charge in [0.05, 0.1) is 5.02 Å². The number of carbonyl (C=O) groups is 1. The predicted molar refractivity (Wildman–Crippen MR) is 97.2 cm³/mol. The van der Waals surface area contributed by atoms with Gasteiger partial charge in [0.2, 0.25) is 5.91 Å². The van der Waals surface area contributed by atoms with E-state index >= 15 is 0 Å². The van der Waals surface area contributed by atoms with Crippen LogP contribution in [0.15, 0.2) is 18.2 Å². The molecule has 2 aliphatic heterocycles. The van der Waals surface area contributed by atoms with Crippen molar-refractivity contribution >= 4 is 23.6 Å². The summed E-state index contributed by atoms with van der Waals surface area (Å²) < 4.78 is 11.1. The molecule has 1 aromatic rings. The number of amides is 1. The Hall–Kier alpha value is -1.72. The van der Waals surface area contributed by atoms with Crippen molar-refractivity contribution in [2.24, 2.45) is 0 Å². The predicted octanol–water partition coefficient (Wildman–Crippen LogP) is 2.87. The Morgan fingerprint density at radius 1 is 1.16 bits per heavy atom. The van der Waals surface area contributed by atoms with Gasteiger partial charge < -0.3 is 19.7 Å². The Morgan fingerprint density at radius 2 is 1.92 bits per heavy atom. The van der Waals surface area contributed by atoms with Crippen molar-refractivity contribution in [3.05, 3.63) is 28.8 Å². The van der Waals surface area contributed by atoms with E-state index in [1.165, 1.54) is 12.8 Å². The van der Waals surface area contributed by atoms with E-state index in [2.05, 4.69) is 10.2 Å². The van der Waals surface area contributed by atoms with Crippen LogP contribution in [0.2, 0.25) is 5.02 Å². The van der Waals surface area contributed by atoms with Crippen molar-refractivity contribution in [1.82, 2.24) is 10.2 Å². The molecule has 1 N–H and O–H groups in total. The summed E-state index contributed by atoms with van der Waals surface area (Å²) in [4.78, 5) is 14.7. The molecule has 3 aliphatic rings. The number of hydrogen-bond donors (Lipinski definition) is 1. The van der Waals surface area contributed by atoms with Crippen molar-refractivity contribution in [3.8, 4) is 11.5 Å². The summed E-state index contributed by atoms with van der Waals surface area (Å²) in [6.45, 7) is 3.20. The lowest BCUT2D eigenvalue weighted by Gasteiger charge is -2.32. The van der Waals surface area contributed by atoms with E-state index in [1.807, 2.05) is 6.07 Å². The normalized spacial score (nSPS) is 21.5. The monoisotopic (exact) mass is 362 g/mol. The number of rotatable bonds is 4. The molecular weight excluding hydrogens is 340 g/mol. The highest BCUT2D eigenvalue weighted by molar-refractivity contribution is 6.32. The number of likely N-dealkylation sites (tertiary alicyclic amines) is 1. The summed E-state index contributed by atoms with van der Waals surface area (Å²) in [5, 5.41) is 3.61.